The normalized spacial score (nSPS) is 13.1. The van der Waals surface area contributed by atoms with Gasteiger partial charge in [-0.05, 0) is 35.0 Å². The van der Waals surface area contributed by atoms with Gasteiger partial charge < -0.3 is 0 Å². The summed E-state index contributed by atoms with van der Waals surface area (Å²) >= 11 is 6.75. The maximum absolute atomic E-state index is 4.18. The van der Waals surface area contributed by atoms with E-state index in [0.717, 1.165) is 10.2 Å². The van der Waals surface area contributed by atoms with Gasteiger partial charge in [-0.15, -0.1) is 0 Å². The molecular weight excluding hydrogens is 258 g/mol. The van der Waals surface area contributed by atoms with Gasteiger partial charge in [0.05, 0.1) is 10.5 Å². The average molecular weight is 265 g/mol. The molecule has 1 aromatic rings. The van der Waals surface area contributed by atoms with E-state index in [1.54, 1.807) is 6.20 Å². The summed E-state index contributed by atoms with van der Waals surface area (Å²) < 4.78 is 1.02. The van der Waals surface area contributed by atoms with Crippen LogP contribution in [0.3, 0.4) is 0 Å². The Bertz CT molecular complexity index is 205. The lowest BCUT2D eigenvalue weighted by molar-refractivity contribution is 1.02. The van der Waals surface area contributed by atoms with E-state index in [1.807, 2.05) is 12.1 Å². The van der Waals surface area contributed by atoms with Crippen LogP contribution in [-0.2, 0) is 0 Å². The van der Waals surface area contributed by atoms with E-state index in [0.29, 0.717) is 4.83 Å². The minimum atomic E-state index is 0.334. The summed E-state index contributed by atoms with van der Waals surface area (Å²) in [6.45, 7) is 2.05. The second-order valence-electron chi connectivity index (χ2n) is 2.02. The fourth-order valence-electron chi connectivity index (χ4n) is 0.623. The second-order valence-corrected chi connectivity index (χ2v) is 4.31. The molecule has 0 N–H and O–H groups in total. The van der Waals surface area contributed by atoms with Gasteiger partial charge in [-0.2, -0.15) is 0 Å². The fraction of sp³-hybridized carbons (Fsp3) is 0.286. The summed E-state index contributed by atoms with van der Waals surface area (Å²) in [5.41, 5.74) is 1.06. The van der Waals surface area contributed by atoms with Crippen molar-refractivity contribution in [2.24, 2.45) is 0 Å². The molecule has 0 aromatic carbocycles. The molecule has 0 aliphatic heterocycles. The standard InChI is InChI=1S/C7H7Br2N/c1-5(8)7-3-2-6(9)4-10-7/h2-5H,1H3/t5-/m1/s1. The van der Waals surface area contributed by atoms with Crippen LogP contribution >= 0.6 is 31.9 Å². The van der Waals surface area contributed by atoms with Crippen LogP contribution in [0.15, 0.2) is 22.8 Å². The molecule has 0 amide bonds. The monoisotopic (exact) mass is 263 g/mol. The largest absolute Gasteiger partial charge is 0.259 e. The lowest BCUT2D eigenvalue weighted by Gasteiger charge is -2.00. The Morgan fingerprint density at radius 3 is 2.60 bits per heavy atom. The first kappa shape index (κ1) is 8.21. The van der Waals surface area contributed by atoms with Crippen molar-refractivity contribution in [3.8, 4) is 0 Å². The quantitative estimate of drug-likeness (QED) is 0.710. The Kier molecular flexibility index (Phi) is 2.86. The molecular formula is C7H7Br2N. The molecule has 0 radical (unpaired) electrons. The predicted octanol–water partition coefficient (Wildman–Crippen LogP) is 3.30. The zero-order valence-electron chi connectivity index (χ0n) is 5.51. The summed E-state index contributed by atoms with van der Waals surface area (Å²) in [6.07, 6.45) is 1.80. The number of halogens is 2. The van der Waals surface area contributed by atoms with Gasteiger partial charge in [0.15, 0.2) is 0 Å². The highest BCUT2D eigenvalue weighted by Crippen LogP contribution is 2.20. The third-order valence-corrected chi connectivity index (χ3v) is 2.10. The van der Waals surface area contributed by atoms with Crippen LogP contribution in [0.2, 0.25) is 0 Å². The third-order valence-electron chi connectivity index (χ3n) is 1.16. The maximum Gasteiger partial charge on any atom is 0.0539 e. The highest BCUT2D eigenvalue weighted by atomic mass is 79.9. The smallest absolute Gasteiger partial charge is 0.0539 e. The molecule has 0 saturated heterocycles. The summed E-state index contributed by atoms with van der Waals surface area (Å²) in [4.78, 5) is 4.52. The van der Waals surface area contributed by atoms with Crippen molar-refractivity contribution >= 4 is 31.9 Å². The first-order valence-electron chi connectivity index (χ1n) is 2.95. The van der Waals surface area contributed by atoms with Crippen LogP contribution in [0.1, 0.15) is 17.4 Å². The van der Waals surface area contributed by atoms with E-state index < -0.39 is 0 Å². The number of nitrogens with zero attached hydrogens (tertiary/aromatic N) is 1. The Morgan fingerprint density at radius 2 is 2.20 bits per heavy atom. The molecule has 0 unspecified atom stereocenters. The first-order chi connectivity index (χ1) is 4.70. The zero-order valence-corrected chi connectivity index (χ0v) is 8.68. The van der Waals surface area contributed by atoms with Crippen molar-refractivity contribution in [3.63, 3.8) is 0 Å². The van der Waals surface area contributed by atoms with Gasteiger partial charge in [0.1, 0.15) is 0 Å². The van der Waals surface area contributed by atoms with Gasteiger partial charge in [0.25, 0.3) is 0 Å². The van der Waals surface area contributed by atoms with E-state index >= 15 is 0 Å². The van der Waals surface area contributed by atoms with Gasteiger partial charge in [-0.3, -0.25) is 4.98 Å². The predicted molar refractivity (Wildman–Crippen MR) is 49.3 cm³/mol. The van der Waals surface area contributed by atoms with Crippen LogP contribution < -0.4 is 0 Å². The molecule has 3 heteroatoms. The molecule has 54 valence electrons. The summed E-state index contributed by atoms with van der Waals surface area (Å²) in [5.74, 6) is 0. The second kappa shape index (κ2) is 3.49. The molecule has 1 heterocycles. The van der Waals surface area contributed by atoms with Gasteiger partial charge in [0, 0.05) is 10.7 Å². The SMILES string of the molecule is C[C@@H](Br)c1ccc(Br)cn1. The van der Waals surface area contributed by atoms with Crippen LogP contribution in [0.5, 0.6) is 0 Å². The Balaban J connectivity index is 2.89. The number of hydrogen-bond donors (Lipinski definition) is 0. The van der Waals surface area contributed by atoms with Crippen molar-refractivity contribution in [2.75, 3.05) is 0 Å². The van der Waals surface area contributed by atoms with E-state index in [1.165, 1.54) is 0 Å². The number of hydrogen-bond acceptors (Lipinski definition) is 1. The molecule has 1 rings (SSSR count). The number of rotatable bonds is 1. The fourth-order valence-corrected chi connectivity index (χ4v) is 1.13. The Hall–Kier alpha value is 0.110. The van der Waals surface area contributed by atoms with Gasteiger partial charge >= 0.3 is 0 Å². The molecule has 1 atom stereocenters. The Morgan fingerprint density at radius 1 is 1.50 bits per heavy atom. The van der Waals surface area contributed by atoms with Crippen molar-refractivity contribution in [1.82, 2.24) is 4.98 Å². The molecule has 0 aliphatic carbocycles. The summed E-state index contributed by atoms with van der Waals surface area (Å²) in [5, 5.41) is 0. The van der Waals surface area contributed by atoms with Gasteiger partial charge in [0.2, 0.25) is 0 Å². The maximum atomic E-state index is 4.18. The molecule has 1 aromatic heterocycles. The van der Waals surface area contributed by atoms with E-state index in [9.17, 15) is 0 Å². The number of pyridine rings is 1. The molecule has 0 saturated carbocycles. The minimum Gasteiger partial charge on any atom is -0.259 e. The van der Waals surface area contributed by atoms with Crippen LogP contribution in [0, 0.1) is 0 Å². The van der Waals surface area contributed by atoms with Crippen molar-refractivity contribution in [3.05, 3.63) is 28.5 Å². The van der Waals surface area contributed by atoms with Crippen molar-refractivity contribution in [2.45, 2.75) is 11.8 Å². The Labute approximate surface area is 77.1 Å². The third kappa shape index (κ3) is 2.06. The van der Waals surface area contributed by atoms with Gasteiger partial charge in [-0.25, -0.2) is 0 Å². The molecule has 10 heavy (non-hydrogen) atoms. The first-order valence-corrected chi connectivity index (χ1v) is 4.66. The van der Waals surface area contributed by atoms with Crippen molar-refractivity contribution in [1.29, 1.82) is 0 Å². The highest BCUT2D eigenvalue weighted by molar-refractivity contribution is 9.10. The zero-order chi connectivity index (χ0) is 7.56. The van der Waals surface area contributed by atoms with Crippen LogP contribution in [0.4, 0.5) is 0 Å². The highest BCUT2D eigenvalue weighted by Gasteiger charge is 1.99. The van der Waals surface area contributed by atoms with E-state index in [4.69, 9.17) is 0 Å². The molecule has 1 nitrogen and oxygen atoms in total. The van der Waals surface area contributed by atoms with Gasteiger partial charge in [-0.1, -0.05) is 15.9 Å². The lowest BCUT2D eigenvalue weighted by atomic mass is 10.3. The topological polar surface area (TPSA) is 12.9 Å². The minimum absolute atomic E-state index is 0.334. The molecule has 0 fully saturated rings. The average Bonchev–Trinajstić information content (AvgIpc) is 1.88. The molecule has 0 aliphatic rings. The van der Waals surface area contributed by atoms with E-state index in [2.05, 4.69) is 43.8 Å². The molecule has 0 spiro atoms. The molecule has 0 bridgehead atoms. The van der Waals surface area contributed by atoms with Crippen LogP contribution in [0.25, 0.3) is 0 Å². The summed E-state index contributed by atoms with van der Waals surface area (Å²) in [7, 11) is 0. The van der Waals surface area contributed by atoms with E-state index in [-0.39, 0.29) is 0 Å². The lowest BCUT2D eigenvalue weighted by Crippen LogP contribution is -1.86. The van der Waals surface area contributed by atoms with Crippen LogP contribution in [-0.4, -0.2) is 4.98 Å². The van der Waals surface area contributed by atoms with Crippen molar-refractivity contribution < 1.29 is 0 Å². The number of aromatic nitrogens is 1. The number of alkyl halides is 1. The summed E-state index contributed by atoms with van der Waals surface area (Å²) in [6, 6.07) is 3.98.